The van der Waals surface area contributed by atoms with Crippen molar-refractivity contribution in [2.24, 2.45) is 5.92 Å². The van der Waals surface area contributed by atoms with Crippen LogP contribution in [-0.4, -0.2) is 18.4 Å². The van der Waals surface area contributed by atoms with E-state index in [9.17, 15) is 9.59 Å². The molecule has 0 saturated heterocycles. The van der Waals surface area contributed by atoms with Gasteiger partial charge in [0.1, 0.15) is 5.75 Å². The van der Waals surface area contributed by atoms with Crippen LogP contribution in [0.25, 0.3) is 0 Å². The van der Waals surface area contributed by atoms with Crippen LogP contribution in [0.4, 0.5) is 5.69 Å². The van der Waals surface area contributed by atoms with E-state index >= 15 is 0 Å². The predicted molar refractivity (Wildman–Crippen MR) is 120 cm³/mol. The molecule has 0 aliphatic heterocycles. The van der Waals surface area contributed by atoms with Gasteiger partial charge >= 0.3 is 0 Å². The van der Waals surface area contributed by atoms with Gasteiger partial charge in [0.25, 0.3) is 5.91 Å². The molecule has 1 atom stereocenters. The maximum Gasteiger partial charge on any atom is 0.258 e. The third-order valence-electron chi connectivity index (χ3n) is 5.28. The molecule has 160 valence electrons. The molecule has 1 saturated carbocycles. The van der Waals surface area contributed by atoms with E-state index in [1.54, 1.807) is 0 Å². The Morgan fingerprint density at radius 2 is 1.80 bits per heavy atom. The molecule has 2 aromatic carbocycles. The summed E-state index contributed by atoms with van der Waals surface area (Å²) in [5.74, 6) is 0.975. The molecule has 0 spiro atoms. The highest BCUT2D eigenvalue weighted by atomic mass is 35.5. The normalized spacial score (nSPS) is 14.3. The summed E-state index contributed by atoms with van der Waals surface area (Å²) in [7, 11) is 0. The molecular weight excluding hydrogens is 400 g/mol. The molecule has 5 nitrogen and oxygen atoms in total. The molecule has 1 fully saturated rings. The van der Waals surface area contributed by atoms with Crippen molar-refractivity contribution in [1.82, 2.24) is 5.32 Å². The molecule has 1 aliphatic rings. The van der Waals surface area contributed by atoms with Crippen LogP contribution in [0.2, 0.25) is 5.02 Å². The SMILES string of the molecule is Cc1cc(OCC(=O)NC(C)c2ccc(NC(=O)C3CC3)cc2)c(C(C)C)cc1Cl. The lowest BCUT2D eigenvalue weighted by Gasteiger charge is -2.18. The average Bonchev–Trinajstić information content (AvgIpc) is 3.54. The summed E-state index contributed by atoms with van der Waals surface area (Å²) < 4.78 is 5.81. The smallest absolute Gasteiger partial charge is 0.258 e. The number of nitrogens with one attached hydrogen (secondary N) is 2. The number of carbonyl (C=O) groups is 2. The van der Waals surface area contributed by atoms with Crippen LogP contribution in [0.1, 0.15) is 62.3 Å². The lowest BCUT2D eigenvalue weighted by atomic mass is 10.0. The van der Waals surface area contributed by atoms with E-state index in [0.717, 1.165) is 35.2 Å². The molecule has 2 amide bonds. The fraction of sp³-hybridized carbons (Fsp3) is 0.417. The minimum absolute atomic E-state index is 0.0688. The zero-order valence-corrected chi connectivity index (χ0v) is 18.7. The Labute approximate surface area is 183 Å². The van der Waals surface area contributed by atoms with Crippen molar-refractivity contribution in [3.8, 4) is 5.75 Å². The van der Waals surface area contributed by atoms with Gasteiger partial charge in [-0.05, 0) is 73.6 Å². The van der Waals surface area contributed by atoms with Crippen LogP contribution < -0.4 is 15.4 Å². The molecule has 3 rings (SSSR count). The molecule has 0 heterocycles. The van der Waals surface area contributed by atoms with Crippen LogP contribution in [-0.2, 0) is 9.59 Å². The van der Waals surface area contributed by atoms with E-state index in [4.69, 9.17) is 16.3 Å². The largest absolute Gasteiger partial charge is 0.483 e. The quantitative estimate of drug-likeness (QED) is 0.593. The van der Waals surface area contributed by atoms with Crippen molar-refractivity contribution in [1.29, 1.82) is 0 Å². The Morgan fingerprint density at radius 3 is 2.40 bits per heavy atom. The highest BCUT2D eigenvalue weighted by molar-refractivity contribution is 6.31. The number of carbonyl (C=O) groups excluding carboxylic acids is 2. The Kier molecular flexibility index (Phi) is 7.03. The highest BCUT2D eigenvalue weighted by Crippen LogP contribution is 2.32. The first-order chi connectivity index (χ1) is 14.2. The summed E-state index contributed by atoms with van der Waals surface area (Å²) in [6, 6.07) is 11.2. The third kappa shape index (κ3) is 5.76. The molecule has 2 N–H and O–H groups in total. The summed E-state index contributed by atoms with van der Waals surface area (Å²) in [5, 5.41) is 6.56. The van der Waals surface area contributed by atoms with Gasteiger partial charge in [0.05, 0.1) is 6.04 Å². The Balaban J connectivity index is 1.54. The standard InChI is InChI=1S/C24H29ClN2O3/c1-14(2)20-12-21(25)15(3)11-22(20)30-13-23(28)26-16(4)17-7-9-19(10-8-17)27-24(29)18-5-6-18/h7-12,14,16,18H,5-6,13H2,1-4H3,(H,26,28)(H,27,29). The minimum Gasteiger partial charge on any atom is -0.483 e. The second kappa shape index (κ2) is 9.52. The van der Waals surface area contributed by atoms with Crippen LogP contribution in [0.15, 0.2) is 36.4 Å². The predicted octanol–water partition coefficient (Wildman–Crippen LogP) is 5.38. The Bertz CT molecular complexity index is 921. The van der Waals surface area contributed by atoms with Crippen molar-refractivity contribution in [2.75, 3.05) is 11.9 Å². The summed E-state index contributed by atoms with van der Waals surface area (Å²) in [6.45, 7) is 7.89. The molecule has 0 aromatic heterocycles. The average molecular weight is 429 g/mol. The van der Waals surface area contributed by atoms with Gasteiger partial charge in [-0.25, -0.2) is 0 Å². The molecule has 2 aromatic rings. The summed E-state index contributed by atoms with van der Waals surface area (Å²) in [5.41, 5.74) is 3.63. The lowest BCUT2D eigenvalue weighted by Crippen LogP contribution is -2.31. The fourth-order valence-corrected chi connectivity index (χ4v) is 3.37. The molecule has 6 heteroatoms. The Hall–Kier alpha value is -2.53. The van der Waals surface area contributed by atoms with E-state index in [-0.39, 0.29) is 36.3 Å². The van der Waals surface area contributed by atoms with Crippen LogP contribution in [0.5, 0.6) is 5.75 Å². The van der Waals surface area contributed by atoms with Gasteiger partial charge in [0.2, 0.25) is 5.91 Å². The summed E-state index contributed by atoms with van der Waals surface area (Å²) >= 11 is 6.23. The maximum atomic E-state index is 12.4. The molecule has 1 unspecified atom stereocenters. The molecular formula is C24H29ClN2O3. The van der Waals surface area contributed by atoms with Crippen LogP contribution >= 0.6 is 11.6 Å². The monoisotopic (exact) mass is 428 g/mol. The third-order valence-corrected chi connectivity index (χ3v) is 5.68. The topological polar surface area (TPSA) is 67.4 Å². The first-order valence-corrected chi connectivity index (χ1v) is 10.8. The number of hydrogen-bond acceptors (Lipinski definition) is 3. The number of halogens is 1. The molecule has 0 bridgehead atoms. The van der Waals surface area contributed by atoms with Gasteiger partial charge in [-0.15, -0.1) is 0 Å². The minimum atomic E-state index is -0.198. The number of aryl methyl sites for hydroxylation is 1. The van der Waals surface area contributed by atoms with E-state index < -0.39 is 0 Å². The van der Waals surface area contributed by atoms with Gasteiger partial charge in [0, 0.05) is 16.6 Å². The van der Waals surface area contributed by atoms with Gasteiger partial charge in [-0.1, -0.05) is 37.6 Å². The second-order valence-electron chi connectivity index (χ2n) is 8.26. The first kappa shape index (κ1) is 22.2. The van der Waals surface area contributed by atoms with Gasteiger partial charge in [0.15, 0.2) is 6.61 Å². The zero-order chi connectivity index (χ0) is 21.8. The number of ether oxygens (including phenoxy) is 1. The van der Waals surface area contributed by atoms with Crippen molar-refractivity contribution in [3.63, 3.8) is 0 Å². The number of amides is 2. The van der Waals surface area contributed by atoms with Crippen molar-refractivity contribution in [3.05, 3.63) is 58.1 Å². The first-order valence-electron chi connectivity index (χ1n) is 10.4. The van der Waals surface area contributed by atoms with E-state index in [1.807, 2.05) is 50.2 Å². The molecule has 30 heavy (non-hydrogen) atoms. The molecule has 0 radical (unpaired) electrons. The number of benzene rings is 2. The van der Waals surface area contributed by atoms with Gasteiger partial charge in [-0.3, -0.25) is 9.59 Å². The summed E-state index contributed by atoms with van der Waals surface area (Å²) in [4.78, 5) is 24.3. The number of rotatable bonds is 8. The molecule has 1 aliphatic carbocycles. The Morgan fingerprint density at radius 1 is 1.13 bits per heavy atom. The highest BCUT2D eigenvalue weighted by Gasteiger charge is 2.29. The summed E-state index contributed by atoms with van der Waals surface area (Å²) in [6.07, 6.45) is 1.95. The fourth-order valence-electron chi connectivity index (χ4n) is 3.20. The van der Waals surface area contributed by atoms with Crippen molar-refractivity contribution in [2.45, 2.75) is 52.5 Å². The van der Waals surface area contributed by atoms with Crippen molar-refractivity contribution < 1.29 is 14.3 Å². The lowest BCUT2D eigenvalue weighted by molar-refractivity contribution is -0.123. The van der Waals surface area contributed by atoms with E-state index in [2.05, 4.69) is 24.5 Å². The number of hydrogen-bond donors (Lipinski definition) is 2. The number of anilines is 1. The second-order valence-corrected chi connectivity index (χ2v) is 8.66. The van der Waals surface area contributed by atoms with Gasteiger partial charge in [-0.2, -0.15) is 0 Å². The van der Waals surface area contributed by atoms with Crippen molar-refractivity contribution >= 4 is 29.1 Å². The van der Waals surface area contributed by atoms with Crippen LogP contribution in [0, 0.1) is 12.8 Å². The zero-order valence-electron chi connectivity index (χ0n) is 17.9. The van der Waals surface area contributed by atoms with Crippen LogP contribution in [0.3, 0.4) is 0 Å². The van der Waals surface area contributed by atoms with Gasteiger partial charge < -0.3 is 15.4 Å². The maximum absolute atomic E-state index is 12.4. The van der Waals surface area contributed by atoms with E-state index in [1.165, 1.54) is 0 Å². The van der Waals surface area contributed by atoms with E-state index in [0.29, 0.717) is 10.8 Å².